The number of aromatic nitrogens is 1. The third-order valence-electron chi connectivity index (χ3n) is 3.03. The zero-order valence-electron chi connectivity index (χ0n) is 11.4. The van der Waals surface area contributed by atoms with Crippen LogP contribution >= 0.6 is 0 Å². The van der Waals surface area contributed by atoms with Gasteiger partial charge in [-0.1, -0.05) is 39.7 Å². The molecule has 0 radical (unpaired) electrons. The molecule has 0 saturated carbocycles. The Bertz CT molecular complexity index is 282. The zero-order valence-corrected chi connectivity index (χ0v) is 11.4. The quantitative estimate of drug-likeness (QED) is 0.745. The van der Waals surface area contributed by atoms with Crippen LogP contribution in [0.25, 0.3) is 0 Å². The van der Waals surface area contributed by atoms with E-state index in [0.717, 1.165) is 18.9 Å². The van der Waals surface area contributed by atoms with Gasteiger partial charge in [0, 0.05) is 18.4 Å². The van der Waals surface area contributed by atoms with Gasteiger partial charge in [0.05, 0.1) is 0 Å². The average molecular weight is 234 g/mol. The molecule has 2 heteroatoms. The summed E-state index contributed by atoms with van der Waals surface area (Å²) < 4.78 is 0. The van der Waals surface area contributed by atoms with Gasteiger partial charge in [-0.3, -0.25) is 4.98 Å². The molecule has 17 heavy (non-hydrogen) atoms. The van der Waals surface area contributed by atoms with Crippen LogP contribution in [0.15, 0.2) is 24.5 Å². The van der Waals surface area contributed by atoms with E-state index in [1.165, 1.54) is 24.8 Å². The van der Waals surface area contributed by atoms with Crippen LogP contribution in [-0.2, 0) is 6.42 Å². The van der Waals surface area contributed by atoms with E-state index in [2.05, 4.69) is 37.1 Å². The summed E-state index contributed by atoms with van der Waals surface area (Å²) >= 11 is 0. The number of hydrogen-bond acceptors (Lipinski definition) is 2. The summed E-state index contributed by atoms with van der Waals surface area (Å²) in [6.07, 6.45) is 8.82. The molecule has 1 unspecified atom stereocenters. The van der Waals surface area contributed by atoms with E-state index in [-0.39, 0.29) is 0 Å². The molecule has 1 heterocycles. The molecular weight excluding hydrogens is 208 g/mol. The van der Waals surface area contributed by atoms with Crippen LogP contribution in [0.4, 0.5) is 0 Å². The minimum absolute atomic E-state index is 0.600. The lowest BCUT2D eigenvalue weighted by atomic mass is 9.99. The van der Waals surface area contributed by atoms with Gasteiger partial charge in [0.15, 0.2) is 0 Å². The Morgan fingerprint density at radius 1 is 1.29 bits per heavy atom. The second-order valence-electron chi connectivity index (χ2n) is 5.14. The first-order chi connectivity index (χ1) is 8.22. The predicted molar refractivity (Wildman–Crippen MR) is 74.1 cm³/mol. The normalized spacial score (nSPS) is 12.9. The van der Waals surface area contributed by atoms with Crippen LogP contribution in [0.5, 0.6) is 0 Å². The Kier molecular flexibility index (Phi) is 6.87. The van der Waals surface area contributed by atoms with E-state index < -0.39 is 0 Å². The number of pyridine rings is 1. The SMILES string of the molecule is CCNC(CCCC(C)C)Cc1cccnc1. The van der Waals surface area contributed by atoms with Crippen molar-refractivity contribution in [3.8, 4) is 0 Å². The summed E-state index contributed by atoms with van der Waals surface area (Å²) in [5.41, 5.74) is 1.34. The minimum atomic E-state index is 0.600. The number of rotatable bonds is 8. The monoisotopic (exact) mass is 234 g/mol. The minimum Gasteiger partial charge on any atom is -0.314 e. The smallest absolute Gasteiger partial charge is 0.0300 e. The van der Waals surface area contributed by atoms with Crippen molar-refractivity contribution >= 4 is 0 Å². The lowest BCUT2D eigenvalue weighted by Crippen LogP contribution is -2.31. The fourth-order valence-corrected chi connectivity index (χ4v) is 2.14. The van der Waals surface area contributed by atoms with Crippen LogP contribution in [0, 0.1) is 5.92 Å². The van der Waals surface area contributed by atoms with Gasteiger partial charge in [0.2, 0.25) is 0 Å². The van der Waals surface area contributed by atoms with Gasteiger partial charge < -0.3 is 5.32 Å². The molecule has 0 saturated heterocycles. The van der Waals surface area contributed by atoms with E-state index >= 15 is 0 Å². The van der Waals surface area contributed by atoms with Gasteiger partial charge in [-0.05, 0) is 36.9 Å². The molecule has 96 valence electrons. The van der Waals surface area contributed by atoms with E-state index in [0.29, 0.717) is 6.04 Å². The molecule has 0 bridgehead atoms. The summed E-state index contributed by atoms with van der Waals surface area (Å²) in [4.78, 5) is 4.18. The van der Waals surface area contributed by atoms with Crippen molar-refractivity contribution in [2.45, 2.75) is 52.5 Å². The van der Waals surface area contributed by atoms with Crippen LogP contribution < -0.4 is 5.32 Å². The number of likely N-dealkylation sites (N-methyl/N-ethyl adjacent to an activating group) is 1. The van der Waals surface area contributed by atoms with E-state index in [1.54, 1.807) is 0 Å². The maximum Gasteiger partial charge on any atom is 0.0300 e. The standard InChI is InChI=1S/C15H26N2/c1-4-17-15(9-5-7-13(2)3)11-14-8-6-10-16-12-14/h6,8,10,12-13,15,17H,4-5,7,9,11H2,1-3H3. The highest BCUT2D eigenvalue weighted by molar-refractivity contribution is 5.10. The van der Waals surface area contributed by atoms with Gasteiger partial charge in [0.1, 0.15) is 0 Å². The molecule has 0 spiro atoms. The van der Waals surface area contributed by atoms with Crippen molar-refractivity contribution in [3.63, 3.8) is 0 Å². The first-order valence-corrected chi connectivity index (χ1v) is 6.84. The van der Waals surface area contributed by atoms with Gasteiger partial charge in [-0.25, -0.2) is 0 Å². The largest absolute Gasteiger partial charge is 0.314 e. The Morgan fingerprint density at radius 2 is 2.12 bits per heavy atom. The molecule has 2 nitrogen and oxygen atoms in total. The molecule has 1 aromatic rings. The van der Waals surface area contributed by atoms with E-state index in [9.17, 15) is 0 Å². The lowest BCUT2D eigenvalue weighted by molar-refractivity contribution is 0.441. The molecule has 0 aromatic carbocycles. The molecule has 0 amide bonds. The van der Waals surface area contributed by atoms with E-state index in [1.807, 2.05) is 18.5 Å². The van der Waals surface area contributed by atoms with Crippen molar-refractivity contribution in [2.24, 2.45) is 5.92 Å². The van der Waals surface area contributed by atoms with Gasteiger partial charge >= 0.3 is 0 Å². The third kappa shape index (κ3) is 6.42. The zero-order chi connectivity index (χ0) is 12.5. The van der Waals surface area contributed by atoms with Crippen molar-refractivity contribution in [1.29, 1.82) is 0 Å². The van der Waals surface area contributed by atoms with Gasteiger partial charge in [-0.2, -0.15) is 0 Å². The second kappa shape index (κ2) is 8.24. The Labute approximate surface area is 106 Å². The Hall–Kier alpha value is -0.890. The van der Waals surface area contributed by atoms with Crippen LogP contribution in [0.3, 0.4) is 0 Å². The highest BCUT2D eigenvalue weighted by Gasteiger charge is 2.08. The average Bonchev–Trinajstić information content (AvgIpc) is 2.30. The molecule has 0 aliphatic carbocycles. The maximum absolute atomic E-state index is 4.18. The van der Waals surface area contributed by atoms with Crippen LogP contribution in [0.2, 0.25) is 0 Å². The fraction of sp³-hybridized carbons (Fsp3) is 0.667. The summed E-state index contributed by atoms with van der Waals surface area (Å²) in [5.74, 6) is 0.815. The molecular formula is C15H26N2. The van der Waals surface area contributed by atoms with Crippen molar-refractivity contribution in [1.82, 2.24) is 10.3 Å². The van der Waals surface area contributed by atoms with Gasteiger partial charge in [-0.15, -0.1) is 0 Å². The predicted octanol–water partition coefficient (Wildman–Crippen LogP) is 3.43. The highest BCUT2D eigenvalue weighted by atomic mass is 14.9. The second-order valence-corrected chi connectivity index (χ2v) is 5.14. The van der Waals surface area contributed by atoms with Crippen LogP contribution in [0.1, 0.15) is 45.6 Å². The molecule has 1 rings (SSSR count). The van der Waals surface area contributed by atoms with Crippen molar-refractivity contribution < 1.29 is 0 Å². The Balaban J connectivity index is 2.37. The lowest BCUT2D eigenvalue weighted by Gasteiger charge is -2.18. The van der Waals surface area contributed by atoms with E-state index in [4.69, 9.17) is 0 Å². The fourth-order valence-electron chi connectivity index (χ4n) is 2.14. The van der Waals surface area contributed by atoms with Crippen LogP contribution in [-0.4, -0.2) is 17.6 Å². The summed E-state index contributed by atoms with van der Waals surface area (Å²) in [6, 6.07) is 4.79. The Morgan fingerprint density at radius 3 is 2.71 bits per heavy atom. The topological polar surface area (TPSA) is 24.9 Å². The maximum atomic E-state index is 4.18. The molecule has 1 atom stereocenters. The first-order valence-electron chi connectivity index (χ1n) is 6.84. The van der Waals surface area contributed by atoms with Gasteiger partial charge in [0.25, 0.3) is 0 Å². The van der Waals surface area contributed by atoms with Crippen molar-refractivity contribution in [3.05, 3.63) is 30.1 Å². The summed E-state index contributed by atoms with van der Waals surface area (Å²) in [5, 5.41) is 3.58. The summed E-state index contributed by atoms with van der Waals surface area (Å²) in [7, 11) is 0. The number of nitrogens with one attached hydrogen (secondary N) is 1. The number of nitrogens with zero attached hydrogens (tertiary/aromatic N) is 1. The molecule has 0 fully saturated rings. The molecule has 1 aromatic heterocycles. The molecule has 0 aliphatic heterocycles. The summed E-state index contributed by atoms with van der Waals surface area (Å²) in [6.45, 7) is 7.82. The third-order valence-corrected chi connectivity index (χ3v) is 3.03. The first kappa shape index (κ1) is 14.2. The molecule has 0 aliphatic rings. The molecule has 1 N–H and O–H groups in total. The van der Waals surface area contributed by atoms with Crippen molar-refractivity contribution in [2.75, 3.05) is 6.54 Å². The number of hydrogen-bond donors (Lipinski definition) is 1. The highest BCUT2D eigenvalue weighted by Crippen LogP contribution is 2.11.